The molecule has 4 heteroatoms. The number of aldehydes is 1. The van der Waals surface area contributed by atoms with Gasteiger partial charge in [0.2, 0.25) is 0 Å². The first-order valence-electron chi connectivity index (χ1n) is 7.07. The van der Waals surface area contributed by atoms with Gasteiger partial charge in [0.15, 0.2) is 0 Å². The van der Waals surface area contributed by atoms with Crippen LogP contribution in [-0.2, 0) is 25.7 Å². The third kappa shape index (κ3) is 2.29. The number of carbonyl (C=O) groups is 2. The molecule has 0 aromatic heterocycles. The van der Waals surface area contributed by atoms with Crippen LogP contribution in [0.25, 0.3) is 0 Å². The highest BCUT2D eigenvalue weighted by Gasteiger charge is 2.62. The molecule has 4 nitrogen and oxygen atoms in total. The Hall–Kier alpha value is -1.94. The van der Waals surface area contributed by atoms with Gasteiger partial charge in [0.25, 0.3) is 0 Å². The van der Waals surface area contributed by atoms with E-state index in [4.69, 9.17) is 9.47 Å². The van der Waals surface area contributed by atoms with Crippen LogP contribution in [0.3, 0.4) is 0 Å². The van der Waals surface area contributed by atoms with Gasteiger partial charge < -0.3 is 9.47 Å². The zero-order chi connectivity index (χ0) is 15.0. The second-order valence-corrected chi connectivity index (χ2v) is 6.18. The van der Waals surface area contributed by atoms with Gasteiger partial charge in [-0.2, -0.15) is 0 Å². The summed E-state index contributed by atoms with van der Waals surface area (Å²) < 4.78 is 11.4. The van der Waals surface area contributed by atoms with Gasteiger partial charge in [0.05, 0.1) is 18.6 Å². The van der Waals surface area contributed by atoms with E-state index >= 15 is 0 Å². The molecule has 1 aliphatic heterocycles. The fraction of sp³-hybridized carbons (Fsp3) is 0.412. The van der Waals surface area contributed by atoms with Crippen molar-refractivity contribution in [2.24, 2.45) is 11.3 Å². The van der Waals surface area contributed by atoms with Crippen molar-refractivity contribution in [1.82, 2.24) is 0 Å². The van der Waals surface area contributed by atoms with Crippen LogP contribution in [0, 0.1) is 11.3 Å². The highest BCUT2D eigenvalue weighted by atomic mass is 16.6. The molecule has 1 aliphatic carbocycles. The predicted octanol–water partition coefficient (Wildman–Crippen LogP) is 2.28. The van der Waals surface area contributed by atoms with Crippen LogP contribution in [0.2, 0.25) is 0 Å². The molecule has 3 atom stereocenters. The van der Waals surface area contributed by atoms with Crippen LogP contribution in [0.5, 0.6) is 0 Å². The molecule has 1 heterocycles. The average Bonchev–Trinajstić information content (AvgIpc) is 2.48. The Balaban J connectivity index is 1.77. The van der Waals surface area contributed by atoms with Crippen molar-refractivity contribution in [3.63, 3.8) is 0 Å². The van der Waals surface area contributed by atoms with E-state index in [0.717, 1.165) is 11.8 Å². The van der Waals surface area contributed by atoms with Gasteiger partial charge in [-0.25, -0.2) is 4.79 Å². The van der Waals surface area contributed by atoms with Crippen LogP contribution >= 0.6 is 0 Å². The minimum atomic E-state index is -0.437. The fourth-order valence-corrected chi connectivity index (χ4v) is 3.29. The molecular formula is C17H18O4. The maximum Gasteiger partial charge on any atom is 0.331 e. The van der Waals surface area contributed by atoms with Gasteiger partial charge in [-0.3, -0.25) is 4.79 Å². The Kier molecular flexibility index (Phi) is 3.41. The highest BCUT2D eigenvalue weighted by molar-refractivity contribution is 5.92. The van der Waals surface area contributed by atoms with Crippen molar-refractivity contribution in [2.75, 3.05) is 0 Å². The summed E-state index contributed by atoms with van der Waals surface area (Å²) >= 11 is 0. The number of ether oxygens (including phenoxy) is 2. The second-order valence-electron chi connectivity index (χ2n) is 6.18. The van der Waals surface area contributed by atoms with Crippen LogP contribution in [-0.4, -0.2) is 24.5 Å². The lowest BCUT2D eigenvalue weighted by Crippen LogP contribution is -2.66. The molecule has 0 saturated heterocycles. The summed E-state index contributed by atoms with van der Waals surface area (Å²) in [5, 5.41) is 0. The van der Waals surface area contributed by atoms with Crippen molar-refractivity contribution in [1.29, 1.82) is 0 Å². The first-order chi connectivity index (χ1) is 10.0. The number of esters is 1. The average molecular weight is 286 g/mol. The van der Waals surface area contributed by atoms with Crippen molar-refractivity contribution in [3.05, 3.63) is 47.5 Å². The number of fused-ring (bicyclic) bond motifs is 1. The molecule has 0 unspecified atom stereocenters. The Morgan fingerprint density at radius 3 is 2.67 bits per heavy atom. The monoisotopic (exact) mass is 286 g/mol. The van der Waals surface area contributed by atoms with E-state index in [1.54, 1.807) is 0 Å². The third-order valence-corrected chi connectivity index (χ3v) is 4.44. The molecule has 3 rings (SSSR count). The van der Waals surface area contributed by atoms with E-state index in [9.17, 15) is 9.59 Å². The van der Waals surface area contributed by atoms with Crippen LogP contribution in [0.4, 0.5) is 0 Å². The van der Waals surface area contributed by atoms with Crippen LogP contribution in [0.15, 0.2) is 42.0 Å². The van der Waals surface area contributed by atoms with Gasteiger partial charge in [0.1, 0.15) is 12.4 Å². The van der Waals surface area contributed by atoms with Gasteiger partial charge in [-0.05, 0) is 5.56 Å². The zero-order valence-electron chi connectivity index (χ0n) is 12.1. The number of rotatable bonds is 4. The lowest BCUT2D eigenvalue weighted by Gasteiger charge is -2.57. The summed E-state index contributed by atoms with van der Waals surface area (Å²) in [5.74, 6) is -0.591. The summed E-state index contributed by atoms with van der Waals surface area (Å²) in [6.45, 7) is 4.49. The summed E-state index contributed by atoms with van der Waals surface area (Å²) in [7, 11) is 0. The van der Waals surface area contributed by atoms with Gasteiger partial charge >= 0.3 is 5.97 Å². The highest BCUT2D eigenvalue weighted by Crippen LogP contribution is 2.53. The summed E-state index contributed by atoms with van der Waals surface area (Å²) in [5.41, 5.74) is 1.27. The largest absolute Gasteiger partial charge is 0.458 e. The number of carbonyl (C=O) groups excluding carboxylic acids is 2. The Morgan fingerprint density at radius 1 is 1.29 bits per heavy atom. The lowest BCUT2D eigenvalue weighted by atomic mass is 9.56. The summed E-state index contributed by atoms with van der Waals surface area (Å²) in [6.07, 6.45) is 1.61. The Morgan fingerprint density at radius 2 is 2.00 bits per heavy atom. The van der Waals surface area contributed by atoms with E-state index in [1.807, 2.05) is 44.2 Å². The predicted molar refractivity (Wildman–Crippen MR) is 76.3 cm³/mol. The van der Waals surface area contributed by atoms with Crippen molar-refractivity contribution in [3.8, 4) is 0 Å². The molecule has 1 aromatic carbocycles. The molecule has 1 aromatic rings. The van der Waals surface area contributed by atoms with Crippen molar-refractivity contribution < 1.29 is 19.1 Å². The Labute approximate surface area is 123 Å². The maximum atomic E-state index is 11.5. The molecular weight excluding hydrogens is 268 g/mol. The number of hydrogen-bond donors (Lipinski definition) is 0. The molecule has 1 saturated carbocycles. The van der Waals surface area contributed by atoms with Crippen LogP contribution < -0.4 is 0 Å². The van der Waals surface area contributed by atoms with Gasteiger partial charge in [0, 0.05) is 17.1 Å². The fourth-order valence-electron chi connectivity index (χ4n) is 3.29. The lowest BCUT2D eigenvalue weighted by molar-refractivity contribution is -0.233. The normalized spacial score (nSPS) is 29.7. The van der Waals surface area contributed by atoms with E-state index < -0.39 is 5.97 Å². The van der Waals surface area contributed by atoms with Crippen molar-refractivity contribution in [2.45, 2.75) is 32.7 Å². The molecule has 0 amide bonds. The minimum Gasteiger partial charge on any atom is -0.458 e. The summed E-state index contributed by atoms with van der Waals surface area (Å²) in [4.78, 5) is 22.7. The van der Waals surface area contributed by atoms with E-state index in [-0.39, 0.29) is 23.5 Å². The van der Waals surface area contributed by atoms with Crippen molar-refractivity contribution >= 4 is 12.3 Å². The van der Waals surface area contributed by atoms with Gasteiger partial charge in [-0.1, -0.05) is 44.2 Å². The van der Waals surface area contributed by atoms with E-state index in [2.05, 4.69) is 0 Å². The SMILES string of the molecule is CC1(C)[C@@H](OCc2ccccc2)[C@@H]2C(C=O)=CC(=O)O[C@@H]21. The molecule has 1 fully saturated rings. The molecule has 2 aliphatic rings. The van der Waals surface area contributed by atoms with Crippen LogP contribution in [0.1, 0.15) is 19.4 Å². The quantitative estimate of drug-likeness (QED) is 0.629. The molecule has 110 valence electrons. The standard InChI is InChI=1S/C17H18O4/c1-17(2)15(20-10-11-6-4-3-5-7-11)14-12(9-18)8-13(19)21-16(14)17/h3-9,14-16H,10H2,1-2H3/t14-,15-,16-/m0/s1. The number of benzene rings is 1. The Bertz CT molecular complexity index is 588. The molecule has 0 bridgehead atoms. The maximum absolute atomic E-state index is 11.5. The van der Waals surface area contributed by atoms with E-state index in [0.29, 0.717) is 12.2 Å². The zero-order valence-corrected chi connectivity index (χ0v) is 12.1. The van der Waals surface area contributed by atoms with E-state index in [1.165, 1.54) is 6.08 Å². The van der Waals surface area contributed by atoms with Gasteiger partial charge in [-0.15, -0.1) is 0 Å². The molecule has 0 radical (unpaired) electrons. The second kappa shape index (κ2) is 5.11. The topological polar surface area (TPSA) is 52.6 Å². The first kappa shape index (κ1) is 14.0. The molecule has 0 N–H and O–H groups in total. The minimum absolute atomic E-state index is 0.132. The molecule has 21 heavy (non-hydrogen) atoms. The number of hydrogen-bond acceptors (Lipinski definition) is 4. The first-order valence-corrected chi connectivity index (χ1v) is 7.07. The molecule has 0 spiro atoms. The third-order valence-electron chi connectivity index (χ3n) is 4.44. The summed E-state index contributed by atoms with van der Waals surface area (Å²) in [6, 6.07) is 9.89. The smallest absolute Gasteiger partial charge is 0.331 e.